The molecule has 1 aromatic rings. The molecule has 1 aromatic heterocycles. The number of ketones is 1. The summed E-state index contributed by atoms with van der Waals surface area (Å²) in [5.74, 6) is -1.49. The summed E-state index contributed by atoms with van der Waals surface area (Å²) in [6.07, 6.45) is 10.2. The van der Waals surface area contributed by atoms with E-state index in [0.29, 0.717) is 30.2 Å². The van der Waals surface area contributed by atoms with Crippen LogP contribution in [0.4, 0.5) is 8.78 Å². The third-order valence-corrected chi connectivity index (χ3v) is 10.3. The van der Waals surface area contributed by atoms with Crippen molar-refractivity contribution in [2.45, 2.75) is 76.4 Å². The fraction of sp³-hybridized carbons (Fsp3) is 0.870. The van der Waals surface area contributed by atoms with Crippen LogP contribution in [0.3, 0.4) is 0 Å². The maximum Gasteiger partial charge on any atom is 0.282 e. The molecule has 0 aliphatic heterocycles. The molecule has 1 unspecified atom stereocenters. The molecule has 5 nitrogen and oxygen atoms in total. The first-order chi connectivity index (χ1) is 14.3. The molecule has 0 saturated heterocycles. The molecular formula is C23H31F2N3O2. The van der Waals surface area contributed by atoms with E-state index in [1.54, 1.807) is 17.1 Å². The van der Waals surface area contributed by atoms with E-state index in [2.05, 4.69) is 17.2 Å². The molecule has 1 heterocycles. The number of aromatic nitrogens is 3. The molecule has 5 saturated carbocycles. The summed E-state index contributed by atoms with van der Waals surface area (Å²) < 4.78 is 30.3. The lowest BCUT2D eigenvalue weighted by Gasteiger charge is -2.55. The van der Waals surface area contributed by atoms with Crippen LogP contribution in [0.2, 0.25) is 0 Å². The van der Waals surface area contributed by atoms with Gasteiger partial charge in [-0.05, 0) is 86.4 Å². The van der Waals surface area contributed by atoms with Gasteiger partial charge in [-0.3, -0.25) is 4.79 Å². The molecule has 0 aromatic carbocycles. The number of halogens is 2. The van der Waals surface area contributed by atoms with Crippen LogP contribution in [-0.4, -0.2) is 37.4 Å². The molecule has 0 amide bonds. The summed E-state index contributed by atoms with van der Waals surface area (Å²) in [6, 6.07) is 0. The van der Waals surface area contributed by atoms with Gasteiger partial charge in [-0.2, -0.15) is 0 Å². The summed E-state index contributed by atoms with van der Waals surface area (Å²) in [7, 11) is 0. The van der Waals surface area contributed by atoms with Crippen molar-refractivity contribution in [2.24, 2.45) is 46.8 Å². The van der Waals surface area contributed by atoms with E-state index in [9.17, 15) is 18.7 Å². The zero-order valence-electron chi connectivity index (χ0n) is 17.5. The first-order valence-electron chi connectivity index (χ1n) is 11.7. The third kappa shape index (κ3) is 2.33. The maximum atomic E-state index is 14.4. The molecule has 164 valence electrons. The molecule has 5 aliphatic carbocycles. The van der Waals surface area contributed by atoms with Crippen LogP contribution in [0, 0.1) is 46.8 Å². The van der Waals surface area contributed by atoms with E-state index in [1.807, 2.05) is 0 Å². The summed E-state index contributed by atoms with van der Waals surface area (Å²) in [5.41, 5.74) is -1.69. The Hall–Kier alpha value is -1.37. The average molecular weight is 420 g/mol. The number of alkyl halides is 2. The number of hydrogen-bond donors (Lipinski definition) is 1. The van der Waals surface area contributed by atoms with Crippen LogP contribution in [0.25, 0.3) is 0 Å². The molecule has 30 heavy (non-hydrogen) atoms. The predicted octanol–water partition coefficient (Wildman–Crippen LogP) is 3.72. The summed E-state index contributed by atoms with van der Waals surface area (Å²) in [4.78, 5) is 13.1. The van der Waals surface area contributed by atoms with Gasteiger partial charge in [0.25, 0.3) is 5.92 Å². The summed E-state index contributed by atoms with van der Waals surface area (Å²) in [6.45, 7) is 2.60. The lowest BCUT2D eigenvalue weighted by Crippen LogP contribution is -2.50. The highest BCUT2D eigenvalue weighted by atomic mass is 19.3. The Labute approximate surface area is 175 Å². The van der Waals surface area contributed by atoms with Crippen molar-refractivity contribution in [3.63, 3.8) is 0 Å². The Morgan fingerprint density at radius 1 is 1.07 bits per heavy atom. The van der Waals surface area contributed by atoms with Gasteiger partial charge in [-0.15, -0.1) is 5.10 Å². The monoisotopic (exact) mass is 419 g/mol. The van der Waals surface area contributed by atoms with E-state index in [0.717, 1.165) is 44.9 Å². The fourth-order valence-corrected chi connectivity index (χ4v) is 8.94. The van der Waals surface area contributed by atoms with Crippen LogP contribution >= 0.6 is 0 Å². The van der Waals surface area contributed by atoms with Gasteiger partial charge in [0.15, 0.2) is 5.78 Å². The van der Waals surface area contributed by atoms with Crippen LogP contribution in [0.1, 0.15) is 58.3 Å². The van der Waals surface area contributed by atoms with Gasteiger partial charge in [-0.1, -0.05) is 12.1 Å². The second-order valence-electron chi connectivity index (χ2n) is 11.1. The van der Waals surface area contributed by atoms with Crippen LogP contribution < -0.4 is 0 Å². The Balaban J connectivity index is 1.21. The lowest BCUT2D eigenvalue weighted by molar-refractivity contribution is -0.131. The maximum absolute atomic E-state index is 14.4. The first kappa shape index (κ1) is 19.3. The van der Waals surface area contributed by atoms with Crippen molar-refractivity contribution in [1.29, 1.82) is 0 Å². The van der Waals surface area contributed by atoms with Gasteiger partial charge in [0, 0.05) is 12.1 Å². The van der Waals surface area contributed by atoms with Gasteiger partial charge in [-0.25, -0.2) is 13.5 Å². The first-order valence-corrected chi connectivity index (χ1v) is 11.7. The molecule has 1 N–H and O–H groups in total. The van der Waals surface area contributed by atoms with Gasteiger partial charge < -0.3 is 5.11 Å². The van der Waals surface area contributed by atoms with E-state index in [1.165, 1.54) is 0 Å². The Morgan fingerprint density at radius 3 is 2.57 bits per heavy atom. The minimum atomic E-state index is -2.88. The highest BCUT2D eigenvalue weighted by Gasteiger charge is 2.84. The molecule has 5 fully saturated rings. The Morgan fingerprint density at radius 2 is 1.80 bits per heavy atom. The van der Waals surface area contributed by atoms with Gasteiger partial charge in [0.2, 0.25) is 0 Å². The smallest absolute Gasteiger partial charge is 0.282 e. The number of rotatable bonds is 3. The molecule has 9 atom stereocenters. The standard InChI is InChI=1S/C23H31F2N3O2/c1-21-8-6-13-14-7-9-22(30)20(23(22,24)25)16(14)3-2-15(13)17(21)4-5-18(21)19(29)12-28-11-10-26-27-28/h10-11,13-18,20,30H,2-9,12H2,1H3/t13-,14-,15-,16+,17+,18-,20?,21+,22-/m1/s1. The topological polar surface area (TPSA) is 68.0 Å². The second-order valence-corrected chi connectivity index (χ2v) is 11.1. The van der Waals surface area contributed by atoms with Crippen molar-refractivity contribution in [2.75, 3.05) is 0 Å². The van der Waals surface area contributed by atoms with E-state index >= 15 is 0 Å². The molecule has 5 aliphatic rings. The number of hydrogen-bond acceptors (Lipinski definition) is 4. The van der Waals surface area contributed by atoms with Crippen LogP contribution in [0.5, 0.6) is 0 Å². The quantitative estimate of drug-likeness (QED) is 0.811. The highest BCUT2D eigenvalue weighted by Crippen LogP contribution is 2.73. The second kappa shape index (κ2) is 6.11. The normalized spacial score (nSPS) is 50.7. The van der Waals surface area contributed by atoms with Crippen LogP contribution in [0.15, 0.2) is 12.4 Å². The average Bonchev–Trinajstić information content (AvgIpc) is 3.13. The molecule has 0 spiro atoms. The van der Waals surface area contributed by atoms with Crippen LogP contribution in [-0.2, 0) is 11.3 Å². The predicted molar refractivity (Wildman–Crippen MR) is 104 cm³/mol. The molecule has 6 rings (SSSR count). The van der Waals surface area contributed by atoms with Crippen molar-refractivity contribution >= 4 is 5.78 Å². The SMILES string of the molecule is C[C@]12CC[C@@H]3[C@H]4CC[C@@]5(O)C([C@H]4CC[C@H]3[C@@H]1CC[C@@H]2C(=O)Cn1ccnn1)C5(F)F. The largest absolute Gasteiger partial charge is 0.383 e. The zero-order chi connectivity index (χ0) is 20.9. The molecule has 0 bridgehead atoms. The fourth-order valence-electron chi connectivity index (χ4n) is 8.94. The lowest BCUT2D eigenvalue weighted by atomic mass is 9.49. The highest BCUT2D eigenvalue weighted by molar-refractivity contribution is 5.82. The van der Waals surface area contributed by atoms with E-state index < -0.39 is 17.4 Å². The molecule has 7 heteroatoms. The zero-order valence-corrected chi connectivity index (χ0v) is 17.5. The van der Waals surface area contributed by atoms with Gasteiger partial charge in [0.05, 0.1) is 12.1 Å². The Bertz CT molecular complexity index is 861. The number of aliphatic hydroxyl groups is 1. The number of Topliss-reactive ketones (excluding diaryl/α,β-unsaturated/α-hetero) is 1. The summed E-state index contributed by atoms with van der Waals surface area (Å²) in [5, 5.41) is 18.2. The van der Waals surface area contributed by atoms with Crippen molar-refractivity contribution in [3.05, 3.63) is 12.4 Å². The van der Waals surface area contributed by atoms with Crippen molar-refractivity contribution in [3.8, 4) is 0 Å². The third-order valence-electron chi connectivity index (χ3n) is 10.3. The van der Waals surface area contributed by atoms with Gasteiger partial charge in [0.1, 0.15) is 12.1 Å². The number of nitrogens with zero attached hydrogens (tertiary/aromatic N) is 3. The van der Waals surface area contributed by atoms with Crippen molar-refractivity contribution < 1.29 is 18.7 Å². The number of fused-ring (bicyclic) bond motifs is 7. The minimum Gasteiger partial charge on any atom is -0.383 e. The van der Waals surface area contributed by atoms with Gasteiger partial charge >= 0.3 is 0 Å². The molecular weight excluding hydrogens is 388 g/mol. The van der Waals surface area contributed by atoms with E-state index in [-0.39, 0.29) is 29.5 Å². The molecule has 0 radical (unpaired) electrons. The van der Waals surface area contributed by atoms with E-state index in [4.69, 9.17) is 0 Å². The minimum absolute atomic E-state index is 0.0181. The Kier molecular flexibility index (Phi) is 3.94. The number of carbonyl (C=O) groups is 1. The number of carbonyl (C=O) groups excluding carboxylic acids is 1. The summed E-state index contributed by atoms with van der Waals surface area (Å²) >= 11 is 0. The van der Waals surface area contributed by atoms with Crippen molar-refractivity contribution in [1.82, 2.24) is 15.0 Å².